The van der Waals surface area contributed by atoms with Gasteiger partial charge in [0, 0.05) is 37.1 Å². The van der Waals surface area contributed by atoms with Gasteiger partial charge in [-0.2, -0.15) is 0 Å². The van der Waals surface area contributed by atoms with E-state index in [0.29, 0.717) is 10.7 Å². The summed E-state index contributed by atoms with van der Waals surface area (Å²) in [5.41, 5.74) is 2.99. The first-order chi connectivity index (χ1) is 13.2. The van der Waals surface area contributed by atoms with Crippen LogP contribution in [0.5, 0.6) is 0 Å². The smallest absolute Gasteiger partial charge is 0.169 e. The number of aromatic nitrogens is 1. The van der Waals surface area contributed by atoms with E-state index in [2.05, 4.69) is 33.0 Å². The number of nitrogens with one attached hydrogen (secondary N) is 1. The third-order valence-corrected chi connectivity index (χ3v) is 5.41. The summed E-state index contributed by atoms with van der Waals surface area (Å²) in [5, 5.41) is 4.04. The van der Waals surface area contributed by atoms with Crippen LogP contribution in [0.1, 0.15) is 22.9 Å². The van der Waals surface area contributed by atoms with Gasteiger partial charge >= 0.3 is 0 Å². The van der Waals surface area contributed by atoms with Crippen molar-refractivity contribution >= 4 is 17.3 Å². The van der Waals surface area contributed by atoms with E-state index in [-0.39, 0.29) is 11.9 Å². The number of hydrogen-bond donors (Lipinski definition) is 1. The summed E-state index contributed by atoms with van der Waals surface area (Å²) in [4.78, 5) is 2.11. The summed E-state index contributed by atoms with van der Waals surface area (Å²) < 4.78 is 16.8. The van der Waals surface area contributed by atoms with Gasteiger partial charge in [-0.05, 0) is 42.4 Å². The Labute approximate surface area is 164 Å². The Morgan fingerprint density at radius 1 is 1.00 bits per heavy atom. The Morgan fingerprint density at radius 2 is 1.78 bits per heavy atom. The van der Waals surface area contributed by atoms with Crippen LogP contribution in [0.3, 0.4) is 0 Å². The van der Waals surface area contributed by atoms with Crippen molar-refractivity contribution in [3.8, 4) is 0 Å². The van der Waals surface area contributed by atoms with Gasteiger partial charge in [0.15, 0.2) is 5.11 Å². The number of thiocarbonyl (C=S) groups is 1. The highest BCUT2D eigenvalue weighted by Crippen LogP contribution is 2.33. The van der Waals surface area contributed by atoms with Crippen molar-refractivity contribution in [3.05, 3.63) is 95.6 Å². The second-order valence-electron chi connectivity index (χ2n) is 6.71. The van der Waals surface area contributed by atoms with Crippen molar-refractivity contribution < 1.29 is 4.39 Å². The van der Waals surface area contributed by atoms with E-state index in [1.165, 1.54) is 11.6 Å². The van der Waals surface area contributed by atoms with Crippen molar-refractivity contribution in [2.45, 2.75) is 19.0 Å². The van der Waals surface area contributed by atoms with Crippen LogP contribution in [-0.4, -0.2) is 27.7 Å². The molecular formula is C22H22FN3S. The first-order valence-electron chi connectivity index (χ1n) is 9.22. The molecule has 0 spiro atoms. The molecule has 0 amide bonds. The minimum absolute atomic E-state index is 0.200. The molecule has 2 aromatic carbocycles. The first kappa shape index (κ1) is 17.7. The van der Waals surface area contributed by atoms with Gasteiger partial charge in [0.1, 0.15) is 5.82 Å². The van der Waals surface area contributed by atoms with E-state index >= 15 is 0 Å². The van der Waals surface area contributed by atoms with Crippen LogP contribution in [-0.2, 0) is 13.0 Å². The largest absolute Gasteiger partial charge is 0.362 e. The molecule has 0 fully saturated rings. The van der Waals surface area contributed by atoms with Gasteiger partial charge in [-0.3, -0.25) is 0 Å². The summed E-state index contributed by atoms with van der Waals surface area (Å²) in [7, 11) is 0. The normalized spacial score (nSPS) is 16.0. The molecule has 1 N–H and O–H groups in total. The minimum atomic E-state index is -0.216. The fraction of sp³-hybridized carbons (Fsp3) is 0.227. The standard InChI is InChI=1S/C22H22FN3S/c23-19-10-5-4-9-18(19)21-20-11-6-14-25(20)15-16-26(21)22(27)24-13-12-17-7-2-1-3-8-17/h1-11,14,21H,12-13,15-16H2,(H,24,27). The van der Waals surface area contributed by atoms with Crippen LogP contribution < -0.4 is 5.32 Å². The van der Waals surface area contributed by atoms with Gasteiger partial charge in [0.2, 0.25) is 0 Å². The maximum atomic E-state index is 14.6. The first-order valence-corrected chi connectivity index (χ1v) is 9.63. The summed E-state index contributed by atoms with van der Waals surface area (Å²) in [6.45, 7) is 2.34. The van der Waals surface area contributed by atoms with E-state index in [4.69, 9.17) is 12.2 Å². The molecule has 1 aromatic heterocycles. The molecule has 4 rings (SSSR count). The predicted octanol–water partition coefficient (Wildman–Crippen LogP) is 4.15. The number of halogens is 1. The molecule has 5 heteroatoms. The van der Waals surface area contributed by atoms with Gasteiger partial charge in [0.25, 0.3) is 0 Å². The lowest BCUT2D eigenvalue weighted by atomic mass is 10.00. The molecule has 0 saturated carbocycles. The molecule has 3 aromatic rings. The average Bonchev–Trinajstić information content (AvgIpc) is 3.17. The third kappa shape index (κ3) is 3.74. The molecule has 1 aliphatic heterocycles. The Bertz CT molecular complexity index is 922. The summed E-state index contributed by atoms with van der Waals surface area (Å²) in [6.07, 6.45) is 2.95. The van der Waals surface area contributed by atoms with E-state index in [1.54, 1.807) is 6.07 Å². The van der Waals surface area contributed by atoms with E-state index in [9.17, 15) is 4.39 Å². The maximum absolute atomic E-state index is 14.6. The predicted molar refractivity (Wildman–Crippen MR) is 110 cm³/mol. The highest BCUT2D eigenvalue weighted by atomic mass is 32.1. The number of rotatable bonds is 4. The lowest BCUT2D eigenvalue weighted by molar-refractivity contribution is 0.281. The Balaban J connectivity index is 1.53. The lowest BCUT2D eigenvalue weighted by Gasteiger charge is -2.39. The second-order valence-corrected chi connectivity index (χ2v) is 7.10. The zero-order valence-electron chi connectivity index (χ0n) is 15.0. The van der Waals surface area contributed by atoms with Crippen molar-refractivity contribution in [1.29, 1.82) is 0 Å². The summed E-state index contributed by atoms with van der Waals surface area (Å²) >= 11 is 5.70. The molecule has 1 aliphatic rings. The minimum Gasteiger partial charge on any atom is -0.362 e. The van der Waals surface area contributed by atoms with Gasteiger partial charge in [-0.15, -0.1) is 0 Å². The highest BCUT2D eigenvalue weighted by molar-refractivity contribution is 7.80. The zero-order valence-corrected chi connectivity index (χ0v) is 15.8. The van der Waals surface area contributed by atoms with Gasteiger partial charge < -0.3 is 14.8 Å². The number of benzene rings is 2. The molecule has 0 radical (unpaired) electrons. The molecule has 1 unspecified atom stereocenters. The Hall–Kier alpha value is -2.66. The number of hydrogen-bond acceptors (Lipinski definition) is 1. The van der Waals surface area contributed by atoms with Crippen LogP contribution in [0.2, 0.25) is 0 Å². The van der Waals surface area contributed by atoms with Crippen molar-refractivity contribution in [3.63, 3.8) is 0 Å². The molecule has 1 atom stereocenters. The van der Waals surface area contributed by atoms with Crippen LogP contribution in [0, 0.1) is 5.82 Å². The molecule has 3 nitrogen and oxygen atoms in total. The van der Waals surface area contributed by atoms with Crippen LogP contribution in [0.15, 0.2) is 72.9 Å². The summed E-state index contributed by atoms with van der Waals surface area (Å²) in [6, 6.07) is 21.1. The Kier molecular flexibility index (Phi) is 5.21. The molecule has 138 valence electrons. The van der Waals surface area contributed by atoms with Crippen LogP contribution in [0.25, 0.3) is 0 Å². The van der Waals surface area contributed by atoms with E-state index < -0.39 is 0 Å². The molecule has 0 saturated heterocycles. The molecule has 27 heavy (non-hydrogen) atoms. The molecular weight excluding hydrogens is 357 g/mol. The van der Waals surface area contributed by atoms with Crippen molar-refractivity contribution in [2.24, 2.45) is 0 Å². The zero-order chi connectivity index (χ0) is 18.6. The van der Waals surface area contributed by atoms with Gasteiger partial charge in [-0.1, -0.05) is 48.5 Å². The van der Waals surface area contributed by atoms with Gasteiger partial charge in [-0.25, -0.2) is 4.39 Å². The second kappa shape index (κ2) is 7.92. The summed E-state index contributed by atoms with van der Waals surface area (Å²) in [5.74, 6) is -0.200. The SMILES string of the molecule is Fc1ccccc1C1c2cccn2CCN1C(=S)NCCc1ccccc1. The van der Waals surface area contributed by atoms with E-state index in [0.717, 1.165) is 31.7 Å². The Morgan fingerprint density at radius 3 is 2.59 bits per heavy atom. The van der Waals surface area contributed by atoms with Crippen molar-refractivity contribution in [1.82, 2.24) is 14.8 Å². The van der Waals surface area contributed by atoms with Crippen LogP contribution >= 0.6 is 12.2 Å². The molecule has 0 bridgehead atoms. The fourth-order valence-corrected chi connectivity index (χ4v) is 3.99. The third-order valence-electron chi connectivity index (χ3n) is 5.03. The highest BCUT2D eigenvalue weighted by Gasteiger charge is 2.31. The van der Waals surface area contributed by atoms with Gasteiger partial charge in [0.05, 0.1) is 6.04 Å². The average molecular weight is 380 g/mol. The molecule has 0 aliphatic carbocycles. The molecule has 2 heterocycles. The van der Waals surface area contributed by atoms with Crippen LogP contribution in [0.4, 0.5) is 4.39 Å². The topological polar surface area (TPSA) is 20.2 Å². The number of fused-ring (bicyclic) bond motifs is 1. The monoisotopic (exact) mass is 379 g/mol. The number of nitrogens with zero attached hydrogens (tertiary/aromatic N) is 2. The van der Waals surface area contributed by atoms with Crippen molar-refractivity contribution in [2.75, 3.05) is 13.1 Å². The maximum Gasteiger partial charge on any atom is 0.169 e. The fourth-order valence-electron chi connectivity index (χ4n) is 3.69. The lowest BCUT2D eigenvalue weighted by Crippen LogP contribution is -2.47. The van der Waals surface area contributed by atoms with E-state index in [1.807, 2.05) is 42.6 Å². The quantitative estimate of drug-likeness (QED) is 0.688.